The number of unbranched alkanes of at least 4 members (excludes halogenated alkanes) is 1. The molecule has 0 spiro atoms. The molecule has 5 heteroatoms. The molecule has 3 rings (SSSR count). The van der Waals surface area contributed by atoms with Gasteiger partial charge in [-0.15, -0.1) is 0 Å². The van der Waals surface area contributed by atoms with Crippen LogP contribution in [0.5, 0.6) is 0 Å². The van der Waals surface area contributed by atoms with Gasteiger partial charge in [-0.3, -0.25) is 0 Å². The van der Waals surface area contributed by atoms with Gasteiger partial charge in [-0.2, -0.15) is 0 Å². The first-order chi connectivity index (χ1) is 17.5. The first-order valence-electron chi connectivity index (χ1n) is 12.6. The molecule has 1 unspecified atom stereocenters. The number of carbonyl (C=O) groups is 1. The van der Waals surface area contributed by atoms with Gasteiger partial charge in [-0.25, -0.2) is 4.79 Å². The Hall–Kier alpha value is -3.25. The van der Waals surface area contributed by atoms with Crippen molar-refractivity contribution in [2.24, 2.45) is 0 Å². The highest BCUT2D eigenvalue weighted by atomic mass is 16.5. The molecule has 0 heterocycles. The van der Waals surface area contributed by atoms with Gasteiger partial charge >= 0.3 is 5.97 Å². The maximum absolute atomic E-state index is 10.2. The Bertz CT molecular complexity index is 967. The van der Waals surface area contributed by atoms with E-state index in [1.165, 1.54) is 11.1 Å². The smallest absolute Gasteiger partial charge is 0.337 e. The average Bonchev–Trinajstić information content (AvgIpc) is 2.93. The van der Waals surface area contributed by atoms with Crippen molar-refractivity contribution >= 4 is 5.97 Å². The monoisotopic (exact) mass is 489 g/mol. The van der Waals surface area contributed by atoms with Gasteiger partial charge in [-0.05, 0) is 43.0 Å². The van der Waals surface area contributed by atoms with Crippen LogP contribution in [-0.4, -0.2) is 35.9 Å². The summed E-state index contributed by atoms with van der Waals surface area (Å²) in [5.41, 5.74) is 2.45. The van der Waals surface area contributed by atoms with E-state index in [-0.39, 0.29) is 0 Å². The van der Waals surface area contributed by atoms with Gasteiger partial charge < -0.3 is 20.3 Å². The van der Waals surface area contributed by atoms with E-state index in [9.17, 15) is 4.79 Å². The van der Waals surface area contributed by atoms with Crippen LogP contribution < -0.4 is 5.32 Å². The number of hydrogen-bond donors (Lipinski definition) is 3. The number of carboxylic acid groups (broad SMARTS) is 1. The maximum atomic E-state index is 10.2. The lowest BCUT2D eigenvalue weighted by atomic mass is 9.83. The average molecular weight is 490 g/mol. The number of rotatable bonds is 13. The van der Waals surface area contributed by atoms with Crippen molar-refractivity contribution in [2.75, 3.05) is 19.7 Å². The fourth-order valence-corrected chi connectivity index (χ4v) is 3.85. The number of aliphatic hydroxyl groups is 1. The molecule has 3 aromatic carbocycles. The van der Waals surface area contributed by atoms with Crippen LogP contribution >= 0.6 is 0 Å². The SMILES string of the molecule is CC=CCNCCC(OCCCC)(c1ccccc1)c1ccccc1.O=C(O)C(O)c1ccccc1. The summed E-state index contributed by atoms with van der Waals surface area (Å²) >= 11 is 0. The molecule has 3 aromatic rings. The molecule has 0 aliphatic heterocycles. The van der Waals surface area contributed by atoms with Crippen molar-refractivity contribution in [1.82, 2.24) is 5.32 Å². The Morgan fingerprint density at radius 1 is 0.944 bits per heavy atom. The molecule has 0 aromatic heterocycles. The topological polar surface area (TPSA) is 78.8 Å². The zero-order valence-corrected chi connectivity index (χ0v) is 21.3. The maximum Gasteiger partial charge on any atom is 0.337 e. The normalized spacial score (nSPS) is 12.1. The van der Waals surface area contributed by atoms with E-state index < -0.39 is 17.7 Å². The van der Waals surface area contributed by atoms with E-state index >= 15 is 0 Å². The Balaban J connectivity index is 0.000000346. The molecule has 3 N–H and O–H groups in total. The Morgan fingerprint density at radius 3 is 1.94 bits per heavy atom. The van der Waals surface area contributed by atoms with Gasteiger partial charge in [0.15, 0.2) is 6.10 Å². The largest absolute Gasteiger partial charge is 0.479 e. The molecular weight excluding hydrogens is 450 g/mol. The van der Waals surface area contributed by atoms with Gasteiger partial charge in [0.25, 0.3) is 0 Å². The lowest BCUT2D eigenvalue weighted by Crippen LogP contribution is -2.35. The van der Waals surface area contributed by atoms with E-state index in [1.54, 1.807) is 30.3 Å². The Morgan fingerprint density at radius 2 is 1.47 bits per heavy atom. The van der Waals surface area contributed by atoms with Gasteiger partial charge in [-0.1, -0.05) is 116 Å². The van der Waals surface area contributed by atoms with Crippen molar-refractivity contribution in [1.29, 1.82) is 0 Å². The summed E-state index contributed by atoms with van der Waals surface area (Å²) in [5, 5.41) is 20.9. The molecule has 0 saturated heterocycles. The summed E-state index contributed by atoms with van der Waals surface area (Å²) in [7, 11) is 0. The van der Waals surface area contributed by atoms with Crippen LogP contribution in [0, 0.1) is 0 Å². The zero-order chi connectivity index (χ0) is 26.1. The summed E-state index contributed by atoms with van der Waals surface area (Å²) < 4.78 is 6.59. The number of nitrogens with one attached hydrogen (secondary N) is 1. The second-order valence-electron chi connectivity index (χ2n) is 8.44. The molecule has 5 nitrogen and oxygen atoms in total. The van der Waals surface area contributed by atoms with Gasteiger partial charge in [0.05, 0.1) is 0 Å². The lowest BCUT2D eigenvalue weighted by molar-refractivity contribution is -0.146. The highest BCUT2D eigenvalue weighted by molar-refractivity contribution is 5.73. The third-order valence-corrected chi connectivity index (χ3v) is 5.83. The van der Waals surface area contributed by atoms with E-state index in [2.05, 4.69) is 85.1 Å². The predicted octanol–water partition coefficient (Wildman–Crippen LogP) is 6.11. The minimum atomic E-state index is -1.41. The van der Waals surface area contributed by atoms with Crippen LogP contribution in [0.3, 0.4) is 0 Å². The molecule has 192 valence electrons. The molecule has 0 aliphatic rings. The fraction of sp³-hybridized carbons (Fsp3) is 0.323. The van der Waals surface area contributed by atoms with Crippen LogP contribution in [0.4, 0.5) is 0 Å². The van der Waals surface area contributed by atoms with Crippen molar-refractivity contribution in [2.45, 2.75) is 44.8 Å². The summed E-state index contributed by atoms with van der Waals surface area (Å²) in [6.07, 6.45) is 5.93. The van der Waals surface area contributed by atoms with Crippen LogP contribution in [0.1, 0.15) is 55.9 Å². The van der Waals surface area contributed by atoms with Crippen molar-refractivity contribution in [3.8, 4) is 0 Å². The number of aliphatic carboxylic acids is 1. The molecule has 0 radical (unpaired) electrons. The molecular formula is C31H39NO4. The Labute approximate surface area is 215 Å². The van der Waals surface area contributed by atoms with Gasteiger partial charge in [0.1, 0.15) is 5.60 Å². The number of ether oxygens (including phenoxy) is 1. The highest BCUT2D eigenvalue weighted by Gasteiger charge is 2.34. The van der Waals surface area contributed by atoms with Crippen molar-refractivity contribution in [3.05, 3.63) is 120 Å². The van der Waals surface area contributed by atoms with E-state index in [0.717, 1.165) is 39.0 Å². The highest BCUT2D eigenvalue weighted by Crippen LogP contribution is 2.37. The van der Waals surface area contributed by atoms with Crippen LogP contribution in [0.15, 0.2) is 103 Å². The minimum Gasteiger partial charge on any atom is -0.479 e. The number of benzene rings is 3. The molecule has 0 bridgehead atoms. The summed E-state index contributed by atoms with van der Waals surface area (Å²) in [4.78, 5) is 10.2. The third kappa shape index (κ3) is 9.08. The number of allylic oxidation sites excluding steroid dienone is 1. The number of carboxylic acids is 1. The van der Waals surface area contributed by atoms with E-state index in [1.807, 2.05) is 6.92 Å². The first-order valence-corrected chi connectivity index (χ1v) is 12.6. The molecule has 0 amide bonds. The standard InChI is InChI=1S/C23H31NO.C8H8O3/c1-3-5-18-24-19-17-23(25-20-6-4-2,21-13-9-7-10-14-21)22-15-11-8-12-16-22;9-7(8(10)11)6-4-2-1-3-5-6/h3,5,7-16,24H,4,6,17-20H2,1-2H3;1-5,7,9H,(H,10,11). The second-order valence-corrected chi connectivity index (χ2v) is 8.44. The third-order valence-electron chi connectivity index (χ3n) is 5.83. The second kappa shape index (κ2) is 16.4. The quantitative estimate of drug-likeness (QED) is 0.199. The summed E-state index contributed by atoms with van der Waals surface area (Å²) in [6.45, 7) is 6.82. The zero-order valence-electron chi connectivity index (χ0n) is 21.3. The fourth-order valence-electron chi connectivity index (χ4n) is 3.85. The first kappa shape index (κ1) is 29.0. The Kier molecular flexibility index (Phi) is 13.2. The van der Waals surface area contributed by atoms with E-state index in [0.29, 0.717) is 5.56 Å². The predicted molar refractivity (Wildman–Crippen MR) is 146 cm³/mol. The number of aliphatic hydroxyl groups excluding tert-OH is 1. The molecule has 0 saturated carbocycles. The van der Waals surface area contributed by atoms with Crippen LogP contribution in [-0.2, 0) is 15.1 Å². The van der Waals surface area contributed by atoms with Crippen LogP contribution in [0.2, 0.25) is 0 Å². The lowest BCUT2D eigenvalue weighted by Gasteiger charge is -2.35. The van der Waals surface area contributed by atoms with Gasteiger partial charge in [0, 0.05) is 13.2 Å². The summed E-state index contributed by atoms with van der Waals surface area (Å²) in [6, 6.07) is 29.5. The van der Waals surface area contributed by atoms with Gasteiger partial charge in [0.2, 0.25) is 0 Å². The summed E-state index contributed by atoms with van der Waals surface area (Å²) in [5.74, 6) is -1.23. The van der Waals surface area contributed by atoms with Crippen molar-refractivity contribution < 1.29 is 19.7 Å². The molecule has 0 aliphatic carbocycles. The van der Waals surface area contributed by atoms with E-state index in [4.69, 9.17) is 14.9 Å². The molecule has 0 fully saturated rings. The minimum absolute atomic E-state index is 0.402. The van der Waals surface area contributed by atoms with Crippen molar-refractivity contribution in [3.63, 3.8) is 0 Å². The number of hydrogen-bond acceptors (Lipinski definition) is 4. The van der Waals surface area contributed by atoms with Crippen LogP contribution in [0.25, 0.3) is 0 Å². The molecule has 1 atom stereocenters. The molecule has 36 heavy (non-hydrogen) atoms.